The van der Waals surface area contributed by atoms with Gasteiger partial charge in [0.15, 0.2) is 0 Å². The van der Waals surface area contributed by atoms with Crippen molar-refractivity contribution in [2.75, 3.05) is 6.54 Å². The predicted octanol–water partition coefficient (Wildman–Crippen LogP) is 2.76. The van der Waals surface area contributed by atoms with E-state index in [9.17, 15) is 9.90 Å². The summed E-state index contributed by atoms with van der Waals surface area (Å²) in [5.74, 6) is 0.664. The van der Waals surface area contributed by atoms with Crippen molar-refractivity contribution in [3.63, 3.8) is 0 Å². The maximum Gasteiger partial charge on any atom is 0.321 e. The highest BCUT2D eigenvalue weighted by Crippen LogP contribution is 2.53. The molecule has 2 aliphatic rings. The zero-order valence-electron chi connectivity index (χ0n) is 12.8. The summed E-state index contributed by atoms with van der Waals surface area (Å²) in [5, 5.41) is 9.56. The lowest BCUT2D eigenvalue weighted by Gasteiger charge is -2.33. The second kappa shape index (κ2) is 5.76. The standard InChI is InChI=1S/C17H24N2O2/c1-11(2)16(17(20)21)19-8-4-6-15(19)14-9-13(14)12-5-3-7-18-10-12/h3,5,7,10-11,13-16H,4,6,8-9H2,1-2H3,(H,20,21). The van der Waals surface area contributed by atoms with Crippen molar-refractivity contribution in [1.82, 2.24) is 9.88 Å². The molecule has 0 radical (unpaired) electrons. The zero-order valence-corrected chi connectivity index (χ0v) is 12.8. The molecule has 0 bridgehead atoms. The highest BCUT2D eigenvalue weighted by molar-refractivity contribution is 5.74. The van der Waals surface area contributed by atoms with Gasteiger partial charge < -0.3 is 5.11 Å². The Balaban J connectivity index is 1.72. The number of aliphatic carboxylic acids is 1. The molecule has 4 atom stereocenters. The molecule has 4 heteroatoms. The molecule has 2 fully saturated rings. The number of rotatable bonds is 5. The number of pyridine rings is 1. The second-order valence-electron chi connectivity index (χ2n) is 6.77. The third-order valence-corrected chi connectivity index (χ3v) is 5.03. The Bertz CT molecular complexity index is 503. The van der Waals surface area contributed by atoms with Crippen molar-refractivity contribution in [1.29, 1.82) is 0 Å². The van der Waals surface area contributed by atoms with Crippen molar-refractivity contribution in [2.45, 2.75) is 51.1 Å². The fourth-order valence-electron chi connectivity index (χ4n) is 4.05. The van der Waals surface area contributed by atoms with Crippen LogP contribution in [0.15, 0.2) is 24.5 Å². The molecule has 0 spiro atoms. The highest BCUT2D eigenvalue weighted by Gasteiger charge is 2.50. The largest absolute Gasteiger partial charge is 0.480 e. The molecule has 4 unspecified atom stereocenters. The molecule has 1 aromatic rings. The smallest absolute Gasteiger partial charge is 0.321 e. The quantitative estimate of drug-likeness (QED) is 0.905. The lowest BCUT2D eigenvalue weighted by Crippen LogP contribution is -2.48. The lowest BCUT2D eigenvalue weighted by molar-refractivity contribution is -0.145. The van der Waals surface area contributed by atoms with Gasteiger partial charge in [0.2, 0.25) is 0 Å². The third-order valence-electron chi connectivity index (χ3n) is 5.03. The molecular formula is C17H24N2O2. The zero-order chi connectivity index (χ0) is 15.0. The molecule has 1 aliphatic carbocycles. The number of carboxylic acids is 1. The Labute approximate surface area is 126 Å². The number of carboxylic acid groups (broad SMARTS) is 1. The van der Waals surface area contributed by atoms with Crippen LogP contribution in [0.5, 0.6) is 0 Å². The molecule has 114 valence electrons. The van der Waals surface area contributed by atoms with E-state index in [0.717, 1.165) is 19.4 Å². The van der Waals surface area contributed by atoms with E-state index in [0.29, 0.717) is 17.9 Å². The van der Waals surface area contributed by atoms with Crippen LogP contribution in [0, 0.1) is 11.8 Å². The average molecular weight is 288 g/mol. The van der Waals surface area contributed by atoms with Gasteiger partial charge in [-0.15, -0.1) is 0 Å². The summed E-state index contributed by atoms with van der Waals surface area (Å²) in [6, 6.07) is 4.23. The minimum Gasteiger partial charge on any atom is -0.480 e. The molecule has 1 saturated carbocycles. The van der Waals surface area contributed by atoms with Gasteiger partial charge in [0, 0.05) is 18.4 Å². The Hall–Kier alpha value is -1.42. The number of likely N-dealkylation sites (tertiary alicyclic amines) is 1. The Morgan fingerprint density at radius 3 is 2.90 bits per heavy atom. The van der Waals surface area contributed by atoms with Crippen molar-refractivity contribution in [2.24, 2.45) is 11.8 Å². The fourth-order valence-corrected chi connectivity index (χ4v) is 4.05. The average Bonchev–Trinajstić information content (AvgIpc) is 3.11. The molecule has 3 rings (SSSR count). The first-order valence-corrected chi connectivity index (χ1v) is 7.98. The van der Waals surface area contributed by atoms with Gasteiger partial charge >= 0.3 is 5.97 Å². The van der Waals surface area contributed by atoms with Gasteiger partial charge in [-0.3, -0.25) is 14.7 Å². The predicted molar refractivity (Wildman–Crippen MR) is 81.1 cm³/mol. The van der Waals surface area contributed by atoms with Crippen LogP contribution in [0.4, 0.5) is 0 Å². The third kappa shape index (κ3) is 2.82. The molecule has 1 N–H and O–H groups in total. The van der Waals surface area contributed by atoms with Crippen molar-refractivity contribution < 1.29 is 9.90 Å². The van der Waals surface area contributed by atoms with Crippen LogP contribution >= 0.6 is 0 Å². The van der Waals surface area contributed by atoms with Gasteiger partial charge in [-0.2, -0.15) is 0 Å². The molecule has 21 heavy (non-hydrogen) atoms. The topological polar surface area (TPSA) is 53.4 Å². The molecule has 0 aromatic carbocycles. The number of hydrogen-bond acceptors (Lipinski definition) is 3. The monoisotopic (exact) mass is 288 g/mol. The van der Waals surface area contributed by atoms with Gasteiger partial charge in [0.05, 0.1) is 0 Å². The van der Waals surface area contributed by atoms with E-state index in [1.165, 1.54) is 12.0 Å². The molecule has 2 heterocycles. The number of carbonyl (C=O) groups is 1. The minimum atomic E-state index is -0.671. The highest BCUT2D eigenvalue weighted by atomic mass is 16.4. The van der Waals surface area contributed by atoms with Crippen molar-refractivity contribution in [3.05, 3.63) is 30.1 Å². The summed E-state index contributed by atoms with van der Waals surface area (Å²) in [5.41, 5.74) is 1.31. The van der Waals surface area contributed by atoms with Crippen LogP contribution in [-0.4, -0.2) is 39.6 Å². The maximum atomic E-state index is 11.6. The van der Waals surface area contributed by atoms with Crippen LogP contribution in [-0.2, 0) is 4.79 Å². The van der Waals surface area contributed by atoms with E-state index < -0.39 is 5.97 Å². The van der Waals surface area contributed by atoms with E-state index >= 15 is 0 Å². The van der Waals surface area contributed by atoms with Crippen LogP contribution in [0.2, 0.25) is 0 Å². The summed E-state index contributed by atoms with van der Waals surface area (Å²) in [6.07, 6.45) is 7.20. The van der Waals surface area contributed by atoms with Crippen molar-refractivity contribution >= 4 is 5.97 Å². The van der Waals surface area contributed by atoms with Crippen LogP contribution in [0.3, 0.4) is 0 Å². The van der Waals surface area contributed by atoms with Crippen LogP contribution < -0.4 is 0 Å². The van der Waals surface area contributed by atoms with Crippen molar-refractivity contribution in [3.8, 4) is 0 Å². The van der Waals surface area contributed by atoms with Crippen LogP contribution in [0.25, 0.3) is 0 Å². The van der Waals surface area contributed by atoms with Crippen LogP contribution in [0.1, 0.15) is 44.6 Å². The SMILES string of the molecule is CC(C)C(C(=O)O)N1CCCC1C1CC1c1cccnc1. The minimum absolute atomic E-state index is 0.152. The fraction of sp³-hybridized carbons (Fsp3) is 0.647. The number of aromatic nitrogens is 1. The molecule has 1 aromatic heterocycles. The van der Waals surface area contributed by atoms with Gasteiger partial charge in [-0.05, 0) is 55.2 Å². The molecular weight excluding hydrogens is 264 g/mol. The van der Waals surface area contributed by atoms with E-state index in [-0.39, 0.29) is 12.0 Å². The molecule has 1 aliphatic heterocycles. The van der Waals surface area contributed by atoms with E-state index in [2.05, 4.69) is 16.0 Å². The summed E-state index contributed by atoms with van der Waals surface area (Å²) < 4.78 is 0. The lowest BCUT2D eigenvalue weighted by atomic mass is 9.99. The Morgan fingerprint density at radius 1 is 1.48 bits per heavy atom. The molecule has 4 nitrogen and oxygen atoms in total. The summed E-state index contributed by atoms with van der Waals surface area (Å²) in [4.78, 5) is 18.1. The first-order chi connectivity index (χ1) is 10.1. The van der Waals surface area contributed by atoms with Gasteiger partial charge in [0.1, 0.15) is 6.04 Å². The van der Waals surface area contributed by atoms with Gasteiger partial charge in [0.25, 0.3) is 0 Å². The summed E-state index contributed by atoms with van der Waals surface area (Å²) >= 11 is 0. The Morgan fingerprint density at radius 2 is 2.29 bits per heavy atom. The van der Waals surface area contributed by atoms with Gasteiger partial charge in [-0.25, -0.2) is 0 Å². The summed E-state index contributed by atoms with van der Waals surface area (Å²) in [7, 11) is 0. The first-order valence-electron chi connectivity index (χ1n) is 7.98. The van der Waals surface area contributed by atoms with E-state index in [1.54, 1.807) is 0 Å². The van der Waals surface area contributed by atoms with E-state index in [4.69, 9.17) is 0 Å². The Kier molecular flexibility index (Phi) is 3.98. The second-order valence-corrected chi connectivity index (χ2v) is 6.77. The molecule has 0 amide bonds. The van der Waals surface area contributed by atoms with Gasteiger partial charge in [-0.1, -0.05) is 19.9 Å². The molecule has 1 saturated heterocycles. The maximum absolute atomic E-state index is 11.6. The van der Waals surface area contributed by atoms with E-state index in [1.807, 2.05) is 32.3 Å². The number of nitrogens with zero attached hydrogens (tertiary/aromatic N) is 2. The number of hydrogen-bond donors (Lipinski definition) is 1. The summed E-state index contributed by atoms with van der Waals surface area (Å²) in [6.45, 7) is 4.95. The normalized spacial score (nSPS) is 30.5. The first kappa shape index (κ1) is 14.5.